The zero-order chi connectivity index (χ0) is 9.54. The van der Waals surface area contributed by atoms with E-state index in [4.69, 9.17) is 0 Å². The van der Waals surface area contributed by atoms with E-state index in [1.54, 1.807) is 0 Å². The van der Waals surface area contributed by atoms with Crippen LogP contribution in [0.1, 0.15) is 15.9 Å². The van der Waals surface area contributed by atoms with Gasteiger partial charge < -0.3 is 9.72 Å². The highest BCUT2D eigenvalue weighted by Gasteiger charge is 2.16. The maximum Gasteiger partial charge on any atom is 0.253 e. The molecule has 1 N–H and O–H groups in total. The average molecular weight is 186 g/mol. The molecule has 0 aromatic carbocycles. The first kappa shape index (κ1) is 7.62. The summed E-state index contributed by atoms with van der Waals surface area (Å²) in [6.07, 6.45) is 4.90. The third kappa shape index (κ3) is 0.894. The standard InChI is InChI=1S/C11H10N2O/c14-11-9-2-1-6-13-7-4-8(10(9)13)3-5-12-11/h1-2,4,6-7H,3,5H2,(H,12,14). The van der Waals surface area contributed by atoms with Crippen LogP contribution in [-0.2, 0) is 6.42 Å². The Morgan fingerprint density at radius 2 is 2.21 bits per heavy atom. The maximum atomic E-state index is 11.7. The molecule has 1 aliphatic rings. The van der Waals surface area contributed by atoms with Gasteiger partial charge in [-0.15, -0.1) is 0 Å². The lowest BCUT2D eigenvalue weighted by molar-refractivity contribution is 0.0957. The van der Waals surface area contributed by atoms with Gasteiger partial charge in [-0.05, 0) is 30.2 Å². The molecule has 3 heterocycles. The van der Waals surface area contributed by atoms with E-state index in [-0.39, 0.29) is 5.91 Å². The van der Waals surface area contributed by atoms with Crippen LogP contribution in [0.4, 0.5) is 0 Å². The van der Waals surface area contributed by atoms with Gasteiger partial charge in [0, 0.05) is 18.9 Å². The van der Waals surface area contributed by atoms with Gasteiger partial charge in [0.05, 0.1) is 11.1 Å². The van der Waals surface area contributed by atoms with Gasteiger partial charge in [0.15, 0.2) is 0 Å². The van der Waals surface area contributed by atoms with Crippen LogP contribution in [-0.4, -0.2) is 16.9 Å². The van der Waals surface area contributed by atoms with E-state index in [0.29, 0.717) is 0 Å². The topological polar surface area (TPSA) is 33.5 Å². The molecule has 14 heavy (non-hydrogen) atoms. The predicted molar refractivity (Wildman–Crippen MR) is 53.4 cm³/mol. The Morgan fingerprint density at radius 1 is 1.29 bits per heavy atom. The van der Waals surface area contributed by atoms with Crippen LogP contribution in [0.15, 0.2) is 30.6 Å². The molecular formula is C11H10N2O. The van der Waals surface area contributed by atoms with Crippen LogP contribution in [0.25, 0.3) is 5.52 Å². The van der Waals surface area contributed by atoms with E-state index in [0.717, 1.165) is 24.0 Å². The molecule has 2 aromatic heterocycles. The van der Waals surface area contributed by atoms with Crippen molar-refractivity contribution >= 4 is 11.4 Å². The number of nitrogens with one attached hydrogen (secondary N) is 1. The second-order valence-electron chi connectivity index (χ2n) is 3.52. The highest BCUT2D eigenvalue weighted by molar-refractivity contribution is 6.02. The largest absolute Gasteiger partial charge is 0.352 e. The summed E-state index contributed by atoms with van der Waals surface area (Å²) in [5, 5.41) is 2.89. The minimum Gasteiger partial charge on any atom is -0.352 e. The highest BCUT2D eigenvalue weighted by atomic mass is 16.1. The lowest BCUT2D eigenvalue weighted by atomic mass is 10.1. The van der Waals surface area contributed by atoms with E-state index < -0.39 is 0 Å². The van der Waals surface area contributed by atoms with Crippen LogP contribution in [0.5, 0.6) is 0 Å². The molecule has 1 aliphatic heterocycles. The first-order valence-electron chi connectivity index (χ1n) is 4.73. The van der Waals surface area contributed by atoms with Crippen LogP contribution >= 0.6 is 0 Å². The maximum absolute atomic E-state index is 11.7. The number of rotatable bonds is 0. The van der Waals surface area contributed by atoms with Crippen molar-refractivity contribution in [3.05, 3.63) is 41.7 Å². The molecule has 0 aliphatic carbocycles. The fraction of sp³-hybridized carbons (Fsp3) is 0.182. The molecule has 3 nitrogen and oxygen atoms in total. The van der Waals surface area contributed by atoms with Crippen molar-refractivity contribution in [2.45, 2.75) is 6.42 Å². The lowest BCUT2D eigenvalue weighted by Crippen LogP contribution is -2.23. The molecular weight excluding hydrogens is 176 g/mol. The molecule has 0 bridgehead atoms. The Kier molecular flexibility index (Phi) is 1.42. The Bertz CT molecular complexity index is 513. The zero-order valence-electron chi connectivity index (χ0n) is 7.66. The quantitative estimate of drug-likeness (QED) is 0.659. The van der Waals surface area contributed by atoms with E-state index in [1.807, 2.05) is 28.9 Å². The number of carbonyl (C=O) groups excluding carboxylic acids is 1. The molecule has 0 atom stereocenters. The molecule has 0 saturated heterocycles. The van der Waals surface area contributed by atoms with Gasteiger partial charge in [-0.1, -0.05) is 0 Å². The minimum absolute atomic E-state index is 0.0352. The fourth-order valence-electron chi connectivity index (χ4n) is 2.03. The Labute approximate surface area is 81.3 Å². The normalized spacial score (nSPS) is 15.3. The molecule has 0 unspecified atom stereocenters. The summed E-state index contributed by atoms with van der Waals surface area (Å²) in [6, 6.07) is 5.86. The van der Waals surface area contributed by atoms with Crippen molar-refractivity contribution in [1.29, 1.82) is 0 Å². The second-order valence-corrected chi connectivity index (χ2v) is 3.52. The van der Waals surface area contributed by atoms with Crippen molar-refractivity contribution in [3.63, 3.8) is 0 Å². The number of aromatic nitrogens is 1. The van der Waals surface area contributed by atoms with Crippen molar-refractivity contribution in [3.8, 4) is 0 Å². The van der Waals surface area contributed by atoms with Gasteiger partial charge in [-0.25, -0.2) is 0 Å². The first-order valence-corrected chi connectivity index (χ1v) is 4.73. The van der Waals surface area contributed by atoms with Gasteiger partial charge in [0.1, 0.15) is 0 Å². The monoisotopic (exact) mass is 186 g/mol. The average Bonchev–Trinajstić information content (AvgIpc) is 2.53. The highest BCUT2D eigenvalue weighted by Crippen LogP contribution is 2.20. The lowest BCUT2D eigenvalue weighted by Gasteiger charge is -2.01. The first-order chi connectivity index (χ1) is 6.86. The summed E-state index contributed by atoms with van der Waals surface area (Å²) in [4.78, 5) is 11.7. The molecule has 0 radical (unpaired) electrons. The van der Waals surface area contributed by atoms with E-state index >= 15 is 0 Å². The van der Waals surface area contributed by atoms with Crippen LogP contribution in [0, 0.1) is 0 Å². The number of carbonyl (C=O) groups is 1. The summed E-state index contributed by atoms with van der Waals surface area (Å²) < 4.78 is 2.01. The van der Waals surface area contributed by atoms with Gasteiger partial charge in [-0.3, -0.25) is 4.79 Å². The molecule has 3 rings (SSSR count). The molecule has 1 amide bonds. The minimum atomic E-state index is 0.0352. The summed E-state index contributed by atoms with van der Waals surface area (Å²) in [6.45, 7) is 0.729. The zero-order valence-corrected chi connectivity index (χ0v) is 7.66. The third-order valence-electron chi connectivity index (χ3n) is 2.69. The van der Waals surface area contributed by atoms with Crippen LogP contribution < -0.4 is 5.32 Å². The second kappa shape index (κ2) is 2.61. The van der Waals surface area contributed by atoms with E-state index in [2.05, 4.69) is 11.4 Å². The van der Waals surface area contributed by atoms with Crippen molar-refractivity contribution in [2.75, 3.05) is 6.54 Å². The summed E-state index contributed by atoms with van der Waals surface area (Å²) in [5.74, 6) is 0.0352. The summed E-state index contributed by atoms with van der Waals surface area (Å²) in [7, 11) is 0. The molecule has 0 fully saturated rings. The van der Waals surface area contributed by atoms with Crippen LogP contribution in [0.2, 0.25) is 0 Å². The summed E-state index contributed by atoms with van der Waals surface area (Å²) >= 11 is 0. The molecule has 70 valence electrons. The number of nitrogens with zero attached hydrogens (tertiary/aromatic N) is 1. The number of hydrogen-bond donors (Lipinski definition) is 1. The van der Waals surface area contributed by atoms with Crippen molar-refractivity contribution in [1.82, 2.24) is 9.72 Å². The predicted octanol–water partition coefficient (Wildman–Crippen LogP) is 1.23. The Balaban J connectivity index is 2.44. The van der Waals surface area contributed by atoms with Gasteiger partial charge >= 0.3 is 0 Å². The number of pyridine rings is 1. The third-order valence-corrected chi connectivity index (χ3v) is 2.69. The van der Waals surface area contributed by atoms with Crippen molar-refractivity contribution in [2.24, 2.45) is 0 Å². The molecule has 0 saturated carbocycles. The molecule has 0 spiro atoms. The Hall–Kier alpha value is -1.77. The summed E-state index contributed by atoms with van der Waals surface area (Å²) in [5.41, 5.74) is 3.09. The fourth-order valence-corrected chi connectivity index (χ4v) is 2.03. The Morgan fingerprint density at radius 3 is 3.14 bits per heavy atom. The van der Waals surface area contributed by atoms with Crippen molar-refractivity contribution < 1.29 is 4.79 Å². The molecule has 2 aromatic rings. The van der Waals surface area contributed by atoms with Gasteiger partial charge in [0.2, 0.25) is 0 Å². The van der Waals surface area contributed by atoms with Gasteiger partial charge in [-0.2, -0.15) is 0 Å². The smallest absolute Gasteiger partial charge is 0.253 e. The van der Waals surface area contributed by atoms with E-state index in [9.17, 15) is 4.79 Å². The van der Waals surface area contributed by atoms with Crippen LogP contribution in [0.3, 0.4) is 0 Å². The van der Waals surface area contributed by atoms with E-state index in [1.165, 1.54) is 5.56 Å². The number of amides is 1. The number of hydrogen-bond acceptors (Lipinski definition) is 1. The molecule has 3 heteroatoms. The van der Waals surface area contributed by atoms with Gasteiger partial charge in [0.25, 0.3) is 5.91 Å². The SMILES string of the molecule is O=C1NCCc2ccn3cccc1c23.